The molecule has 0 amide bonds. The van der Waals surface area contributed by atoms with Gasteiger partial charge in [0.1, 0.15) is 24.1 Å². The highest BCUT2D eigenvalue weighted by Gasteiger charge is 2.07. The maximum Gasteiger partial charge on any atom is 0.311 e. The Morgan fingerprint density at radius 2 is 1.14 bits per heavy atom. The molecule has 0 aliphatic carbocycles. The van der Waals surface area contributed by atoms with Crippen molar-refractivity contribution in [3.63, 3.8) is 0 Å². The van der Waals surface area contributed by atoms with Gasteiger partial charge in [-0.1, -0.05) is 0 Å². The lowest BCUT2D eigenvalue weighted by molar-refractivity contribution is -0.135. The molecule has 0 fully saturated rings. The first-order chi connectivity index (χ1) is 10.7. The number of carbonyl (C=O) groups excluding carboxylic acids is 4. The largest absolute Gasteiger partial charge is 0.427 e. The molecule has 1 aromatic carbocycles. The molecule has 6 heteroatoms. The number of hydrogen-bond donors (Lipinski definition) is 0. The Morgan fingerprint density at radius 1 is 0.773 bits per heavy atom. The van der Waals surface area contributed by atoms with E-state index in [1.165, 1.54) is 24.3 Å². The van der Waals surface area contributed by atoms with Crippen LogP contribution in [0.15, 0.2) is 24.3 Å². The summed E-state index contributed by atoms with van der Waals surface area (Å²) in [5.41, 5.74) is 0. The van der Waals surface area contributed by atoms with Crippen molar-refractivity contribution in [3.05, 3.63) is 24.3 Å². The van der Waals surface area contributed by atoms with Crippen LogP contribution in [-0.2, 0) is 19.2 Å². The zero-order chi connectivity index (χ0) is 16.2. The van der Waals surface area contributed by atoms with Crippen LogP contribution >= 0.6 is 0 Å². The number of ether oxygens (including phenoxy) is 2. The molecule has 1 rings (SSSR count). The average molecular weight is 306 g/mol. The molecule has 0 radical (unpaired) electrons. The molecular formula is C16H18O6. The Bertz CT molecular complexity index is 459. The summed E-state index contributed by atoms with van der Waals surface area (Å²) in [6, 6.07) is 6.08. The minimum Gasteiger partial charge on any atom is -0.427 e. The van der Waals surface area contributed by atoms with Crippen LogP contribution in [0, 0.1) is 0 Å². The van der Waals surface area contributed by atoms with E-state index in [0.717, 1.165) is 12.6 Å². The number of hydrogen-bond acceptors (Lipinski definition) is 6. The highest BCUT2D eigenvalue weighted by atomic mass is 16.5. The number of rotatable bonds is 10. The summed E-state index contributed by atoms with van der Waals surface area (Å²) in [6.07, 6.45) is 3.43. The maximum atomic E-state index is 11.4. The molecule has 0 saturated carbocycles. The van der Waals surface area contributed by atoms with Crippen LogP contribution in [0.3, 0.4) is 0 Å². The number of unbranched alkanes of at least 4 members (excludes halogenated alkanes) is 2. The second-order valence-electron chi connectivity index (χ2n) is 4.54. The van der Waals surface area contributed by atoms with Gasteiger partial charge in [-0.15, -0.1) is 0 Å². The first kappa shape index (κ1) is 17.6. The van der Waals surface area contributed by atoms with E-state index in [9.17, 15) is 19.2 Å². The van der Waals surface area contributed by atoms with Crippen LogP contribution in [0.25, 0.3) is 0 Å². The molecule has 0 heterocycles. The lowest BCUT2D eigenvalue weighted by Gasteiger charge is -2.06. The molecule has 0 atom stereocenters. The number of carbonyl (C=O) groups is 4. The van der Waals surface area contributed by atoms with Crippen LogP contribution in [0.2, 0.25) is 0 Å². The summed E-state index contributed by atoms with van der Waals surface area (Å²) in [7, 11) is 0. The topological polar surface area (TPSA) is 86.7 Å². The van der Waals surface area contributed by atoms with Gasteiger partial charge in [-0.2, -0.15) is 0 Å². The molecule has 22 heavy (non-hydrogen) atoms. The van der Waals surface area contributed by atoms with Gasteiger partial charge in [0.2, 0.25) is 0 Å². The molecule has 0 bridgehead atoms. The molecule has 0 aromatic heterocycles. The Morgan fingerprint density at radius 3 is 1.45 bits per heavy atom. The summed E-state index contributed by atoms with van der Waals surface area (Å²) in [6.45, 7) is 0. The Kier molecular flexibility index (Phi) is 8.18. The Balaban J connectivity index is 2.39. The predicted molar refractivity (Wildman–Crippen MR) is 77.5 cm³/mol. The molecule has 0 aliphatic rings. The average Bonchev–Trinajstić information content (AvgIpc) is 2.50. The van der Waals surface area contributed by atoms with Crippen molar-refractivity contribution in [3.8, 4) is 11.5 Å². The van der Waals surface area contributed by atoms with E-state index >= 15 is 0 Å². The first-order valence-corrected chi connectivity index (χ1v) is 7.04. The zero-order valence-electron chi connectivity index (χ0n) is 12.2. The first-order valence-electron chi connectivity index (χ1n) is 7.04. The molecule has 6 nitrogen and oxygen atoms in total. The van der Waals surface area contributed by atoms with Crippen molar-refractivity contribution in [2.45, 2.75) is 38.5 Å². The van der Waals surface area contributed by atoms with Gasteiger partial charge in [0.25, 0.3) is 0 Å². The van der Waals surface area contributed by atoms with E-state index in [1.54, 1.807) is 0 Å². The molecule has 118 valence electrons. The third kappa shape index (κ3) is 7.33. The van der Waals surface area contributed by atoms with E-state index in [-0.39, 0.29) is 12.8 Å². The van der Waals surface area contributed by atoms with Crippen molar-refractivity contribution in [1.82, 2.24) is 0 Å². The van der Waals surface area contributed by atoms with Gasteiger partial charge in [0, 0.05) is 25.7 Å². The van der Waals surface area contributed by atoms with E-state index in [0.29, 0.717) is 37.2 Å². The van der Waals surface area contributed by atoms with Gasteiger partial charge in [-0.3, -0.25) is 9.59 Å². The molecule has 0 unspecified atom stereocenters. The zero-order valence-corrected chi connectivity index (χ0v) is 12.2. The van der Waals surface area contributed by atoms with Crippen molar-refractivity contribution < 1.29 is 28.7 Å². The molecule has 0 aliphatic heterocycles. The third-order valence-electron chi connectivity index (χ3n) is 2.69. The SMILES string of the molecule is O=CCCCC(=O)Oc1ccc(OC(=O)CCCC=O)cc1. The standard InChI is InChI=1S/C16H18O6/c17-11-3-1-5-15(19)21-13-7-9-14(10-8-13)22-16(20)6-2-4-12-18/h7-12H,1-6H2. The maximum absolute atomic E-state index is 11.4. The van der Waals surface area contributed by atoms with Gasteiger partial charge >= 0.3 is 11.9 Å². The number of aldehydes is 2. The van der Waals surface area contributed by atoms with Crippen LogP contribution in [-0.4, -0.2) is 24.5 Å². The Hall–Kier alpha value is -2.50. The molecule has 0 spiro atoms. The second-order valence-corrected chi connectivity index (χ2v) is 4.54. The summed E-state index contributed by atoms with van der Waals surface area (Å²) in [5, 5.41) is 0. The van der Waals surface area contributed by atoms with Crippen LogP contribution in [0.1, 0.15) is 38.5 Å². The van der Waals surface area contributed by atoms with Crippen molar-refractivity contribution >= 4 is 24.5 Å². The quantitative estimate of drug-likeness (QED) is 0.285. The fourth-order valence-corrected chi connectivity index (χ4v) is 1.60. The van der Waals surface area contributed by atoms with Crippen molar-refractivity contribution in [1.29, 1.82) is 0 Å². The molecule has 0 saturated heterocycles. The van der Waals surface area contributed by atoms with E-state index in [1.807, 2.05) is 0 Å². The van der Waals surface area contributed by atoms with E-state index < -0.39 is 11.9 Å². The van der Waals surface area contributed by atoms with Gasteiger partial charge in [0.05, 0.1) is 0 Å². The fraction of sp³-hybridized carbons (Fsp3) is 0.375. The molecule has 0 N–H and O–H groups in total. The van der Waals surface area contributed by atoms with Crippen molar-refractivity contribution in [2.24, 2.45) is 0 Å². The van der Waals surface area contributed by atoms with Gasteiger partial charge in [-0.25, -0.2) is 0 Å². The summed E-state index contributed by atoms with van der Waals surface area (Å²) in [4.78, 5) is 43.2. The van der Waals surface area contributed by atoms with E-state index in [2.05, 4.69) is 0 Å². The minimum atomic E-state index is -0.416. The predicted octanol–water partition coefficient (Wildman–Crippen LogP) is 2.24. The summed E-state index contributed by atoms with van der Waals surface area (Å²) >= 11 is 0. The smallest absolute Gasteiger partial charge is 0.311 e. The van der Waals surface area contributed by atoms with Gasteiger partial charge in [-0.05, 0) is 37.1 Å². The third-order valence-corrected chi connectivity index (χ3v) is 2.69. The van der Waals surface area contributed by atoms with E-state index in [4.69, 9.17) is 9.47 Å². The second kappa shape index (κ2) is 10.3. The van der Waals surface area contributed by atoms with Crippen LogP contribution in [0.4, 0.5) is 0 Å². The lowest BCUT2D eigenvalue weighted by atomic mass is 10.2. The normalized spacial score (nSPS) is 9.82. The Labute approximate surface area is 128 Å². The highest BCUT2D eigenvalue weighted by molar-refractivity contribution is 5.74. The monoisotopic (exact) mass is 306 g/mol. The number of esters is 2. The highest BCUT2D eigenvalue weighted by Crippen LogP contribution is 2.19. The number of benzene rings is 1. The van der Waals surface area contributed by atoms with Gasteiger partial charge in [0.15, 0.2) is 0 Å². The molecule has 1 aromatic rings. The van der Waals surface area contributed by atoms with Crippen LogP contribution < -0.4 is 9.47 Å². The molecular weight excluding hydrogens is 288 g/mol. The van der Waals surface area contributed by atoms with Crippen LogP contribution in [0.5, 0.6) is 11.5 Å². The van der Waals surface area contributed by atoms with Gasteiger partial charge < -0.3 is 19.1 Å². The fourth-order valence-electron chi connectivity index (χ4n) is 1.60. The summed E-state index contributed by atoms with van der Waals surface area (Å²) in [5.74, 6) is -0.144. The van der Waals surface area contributed by atoms with Crippen molar-refractivity contribution in [2.75, 3.05) is 0 Å². The summed E-state index contributed by atoms with van der Waals surface area (Å²) < 4.78 is 10.1. The minimum absolute atomic E-state index is 0.173. The lowest BCUT2D eigenvalue weighted by Crippen LogP contribution is -2.09.